The van der Waals surface area contributed by atoms with Gasteiger partial charge in [0.1, 0.15) is 0 Å². The van der Waals surface area contributed by atoms with E-state index >= 15 is 0 Å². The predicted molar refractivity (Wildman–Crippen MR) is 66.7 cm³/mol. The van der Waals surface area contributed by atoms with E-state index in [9.17, 15) is 0 Å². The van der Waals surface area contributed by atoms with Gasteiger partial charge < -0.3 is 10.5 Å². The van der Waals surface area contributed by atoms with Crippen molar-refractivity contribution in [1.82, 2.24) is 0 Å². The first-order valence-electron chi connectivity index (χ1n) is 5.65. The number of nitrogens with one attached hydrogen (secondary N) is 1. The molecule has 88 valence electrons. The Morgan fingerprint density at radius 2 is 2.06 bits per heavy atom. The van der Waals surface area contributed by atoms with Crippen LogP contribution in [-0.4, -0.2) is 19.0 Å². The number of nitrogens with two attached hydrogens (primary N) is 1. The van der Waals surface area contributed by atoms with E-state index in [1.807, 2.05) is 25.1 Å². The Bertz CT molecular complexity index is 311. The van der Waals surface area contributed by atoms with Crippen molar-refractivity contribution < 1.29 is 4.74 Å². The maximum Gasteiger partial charge on any atom is 0.0957 e. The van der Waals surface area contributed by atoms with E-state index in [1.165, 1.54) is 5.56 Å². The second-order valence-electron chi connectivity index (χ2n) is 4.02. The van der Waals surface area contributed by atoms with Gasteiger partial charge in [0.05, 0.1) is 12.4 Å². The van der Waals surface area contributed by atoms with Crippen LogP contribution in [0, 0.1) is 11.3 Å². The molecule has 1 unspecified atom stereocenters. The van der Waals surface area contributed by atoms with Crippen LogP contribution in [0.25, 0.3) is 0 Å². The highest BCUT2D eigenvalue weighted by Gasteiger charge is 2.04. The van der Waals surface area contributed by atoms with Crippen LogP contribution in [0.15, 0.2) is 30.3 Å². The van der Waals surface area contributed by atoms with Gasteiger partial charge in [0.25, 0.3) is 0 Å². The normalized spacial score (nSPS) is 12.3. The number of benzene rings is 1. The van der Waals surface area contributed by atoms with Crippen molar-refractivity contribution in [2.24, 2.45) is 11.7 Å². The minimum absolute atomic E-state index is 0.0247. The Morgan fingerprint density at radius 3 is 2.69 bits per heavy atom. The second-order valence-corrected chi connectivity index (χ2v) is 4.02. The molecule has 0 aliphatic rings. The SMILES string of the molecule is CC(COCCCc1ccccc1)C(=N)N. The zero-order chi connectivity index (χ0) is 11.8. The Morgan fingerprint density at radius 1 is 1.38 bits per heavy atom. The molecule has 0 saturated carbocycles. The molecule has 0 aromatic heterocycles. The van der Waals surface area contributed by atoms with E-state index in [4.69, 9.17) is 15.9 Å². The zero-order valence-corrected chi connectivity index (χ0v) is 9.78. The standard InChI is InChI=1S/C13H20N2O/c1-11(13(14)15)10-16-9-5-8-12-6-3-2-4-7-12/h2-4,6-7,11H,5,8-10H2,1H3,(H3,14,15). The molecule has 0 heterocycles. The molecule has 0 aliphatic heterocycles. The lowest BCUT2D eigenvalue weighted by Crippen LogP contribution is -2.24. The van der Waals surface area contributed by atoms with Gasteiger partial charge in [-0.2, -0.15) is 0 Å². The highest BCUT2D eigenvalue weighted by Crippen LogP contribution is 2.03. The molecular weight excluding hydrogens is 200 g/mol. The van der Waals surface area contributed by atoms with Gasteiger partial charge in [-0.05, 0) is 18.4 Å². The van der Waals surface area contributed by atoms with E-state index in [2.05, 4.69) is 12.1 Å². The van der Waals surface area contributed by atoms with E-state index in [0.717, 1.165) is 19.4 Å². The summed E-state index contributed by atoms with van der Waals surface area (Å²) in [7, 11) is 0. The molecule has 0 amide bonds. The van der Waals surface area contributed by atoms with Crippen LogP contribution >= 0.6 is 0 Å². The largest absolute Gasteiger partial charge is 0.387 e. The van der Waals surface area contributed by atoms with Gasteiger partial charge >= 0.3 is 0 Å². The number of hydrogen-bond donors (Lipinski definition) is 2. The summed E-state index contributed by atoms with van der Waals surface area (Å²) in [6.45, 7) is 3.18. The third kappa shape index (κ3) is 4.94. The van der Waals surface area contributed by atoms with Crippen molar-refractivity contribution in [1.29, 1.82) is 5.41 Å². The Labute approximate surface area is 97.1 Å². The molecular formula is C13H20N2O. The first-order valence-corrected chi connectivity index (χ1v) is 5.65. The Kier molecular flexibility index (Phi) is 5.57. The number of hydrogen-bond acceptors (Lipinski definition) is 2. The fraction of sp³-hybridized carbons (Fsp3) is 0.462. The van der Waals surface area contributed by atoms with Crippen molar-refractivity contribution in [3.8, 4) is 0 Å². The lowest BCUT2D eigenvalue weighted by atomic mass is 10.1. The zero-order valence-electron chi connectivity index (χ0n) is 9.78. The highest BCUT2D eigenvalue weighted by molar-refractivity contribution is 5.79. The summed E-state index contributed by atoms with van der Waals surface area (Å²) in [5.74, 6) is 0.222. The van der Waals surface area contributed by atoms with Gasteiger partial charge in [0.15, 0.2) is 0 Å². The van der Waals surface area contributed by atoms with Gasteiger partial charge in [-0.1, -0.05) is 37.3 Å². The lowest BCUT2D eigenvalue weighted by molar-refractivity contribution is 0.118. The molecule has 16 heavy (non-hydrogen) atoms. The summed E-state index contributed by atoms with van der Waals surface area (Å²) < 4.78 is 5.46. The summed E-state index contributed by atoms with van der Waals surface area (Å²) >= 11 is 0. The minimum Gasteiger partial charge on any atom is -0.387 e. The monoisotopic (exact) mass is 220 g/mol. The van der Waals surface area contributed by atoms with Gasteiger partial charge in [0, 0.05) is 12.5 Å². The number of aryl methyl sites for hydroxylation is 1. The molecule has 0 saturated heterocycles. The van der Waals surface area contributed by atoms with Crippen LogP contribution in [0.5, 0.6) is 0 Å². The molecule has 0 aliphatic carbocycles. The minimum atomic E-state index is 0.0247. The maximum absolute atomic E-state index is 7.21. The Balaban J connectivity index is 2.07. The summed E-state index contributed by atoms with van der Waals surface area (Å²) in [6.07, 6.45) is 2.05. The third-order valence-electron chi connectivity index (χ3n) is 2.50. The molecule has 0 radical (unpaired) electrons. The number of ether oxygens (including phenoxy) is 1. The molecule has 1 aromatic carbocycles. The molecule has 0 bridgehead atoms. The number of amidine groups is 1. The molecule has 1 rings (SSSR count). The topological polar surface area (TPSA) is 59.1 Å². The van der Waals surface area contributed by atoms with Crippen molar-refractivity contribution in [3.63, 3.8) is 0 Å². The van der Waals surface area contributed by atoms with E-state index in [-0.39, 0.29) is 11.8 Å². The average molecular weight is 220 g/mol. The van der Waals surface area contributed by atoms with Crippen LogP contribution in [0.3, 0.4) is 0 Å². The van der Waals surface area contributed by atoms with E-state index < -0.39 is 0 Å². The smallest absolute Gasteiger partial charge is 0.0957 e. The molecule has 0 spiro atoms. The highest BCUT2D eigenvalue weighted by atomic mass is 16.5. The van der Waals surface area contributed by atoms with Crippen molar-refractivity contribution >= 4 is 5.84 Å². The van der Waals surface area contributed by atoms with Crippen LogP contribution in [-0.2, 0) is 11.2 Å². The molecule has 3 heteroatoms. The van der Waals surface area contributed by atoms with Gasteiger partial charge in [0.2, 0.25) is 0 Å². The molecule has 0 fully saturated rings. The van der Waals surface area contributed by atoms with Gasteiger partial charge in [-0.15, -0.1) is 0 Å². The van der Waals surface area contributed by atoms with Crippen molar-refractivity contribution in [3.05, 3.63) is 35.9 Å². The summed E-state index contributed by atoms with van der Waals surface area (Å²) in [5, 5.41) is 7.21. The molecule has 1 aromatic rings. The van der Waals surface area contributed by atoms with Crippen LogP contribution < -0.4 is 5.73 Å². The van der Waals surface area contributed by atoms with E-state index in [1.54, 1.807) is 0 Å². The van der Waals surface area contributed by atoms with Gasteiger partial charge in [-0.25, -0.2) is 0 Å². The van der Waals surface area contributed by atoms with Crippen molar-refractivity contribution in [2.45, 2.75) is 19.8 Å². The fourth-order valence-corrected chi connectivity index (χ4v) is 1.37. The Hall–Kier alpha value is -1.35. The van der Waals surface area contributed by atoms with Crippen LogP contribution in [0.4, 0.5) is 0 Å². The summed E-state index contributed by atoms with van der Waals surface area (Å²) in [5.41, 5.74) is 6.68. The lowest BCUT2D eigenvalue weighted by Gasteiger charge is -2.09. The summed E-state index contributed by atoms with van der Waals surface area (Å²) in [6, 6.07) is 10.4. The maximum atomic E-state index is 7.21. The first kappa shape index (κ1) is 12.7. The fourth-order valence-electron chi connectivity index (χ4n) is 1.37. The second kappa shape index (κ2) is 7.01. The van der Waals surface area contributed by atoms with Crippen LogP contribution in [0.2, 0.25) is 0 Å². The average Bonchev–Trinajstić information content (AvgIpc) is 2.29. The molecule has 3 nitrogen and oxygen atoms in total. The molecule has 3 N–H and O–H groups in total. The quantitative estimate of drug-likeness (QED) is 0.420. The van der Waals surface area contributed by atoms with Gasteiger partial charge in [-0.3, -0.25) is 5.41 Å². The van der Waals surface area contributed by atoms with E-state index in [0.29, 0.717) is 6.61 Å². The van der Waals surface area contributed by atoms with Crippen molar-refractivity contribution in [2.75, 3.05) is 13.2 Å². The number of rotatable bonds is 7. The van der Waals surface area contributed by atoms with Crippen LogP contribution in [0.1, 0.15) is 18.9 Å². The third-order valence-corrected chi connectivity index (χ3v) is 2.50. The summed E-state index contributed by atoms with van der Waals surface area (Å²) in [4.78, 5) is 0. The predicted octanol–water partition coefficient (Wildman–Crippen LogP) is 2.21. The first-order chi connectivity index (χ1) is 7.70. The molecule has 1 atom stereocenters.